The van der Waals surface area contributed by atoms with Crippen LogP contribution in [0.2, 0.25) is 0 Å². The van der Waals surface area contributed by atoms with E-state index in [0.717, 1.165) is 62.2 Å². The molecule has 29 heavy (non-hydrogen) atoms. The molecule has 3 aliphatic rings. The summed E-state index contributed by atoms with van der Waals surface area (Å²) in [5.74, 6) is 0.763. The third-order valence-corrected chi connectivity index (χ3v) is 6.81. The zero-order chi connectivity index (χ0) is 19.8. The largest absolute Gasteiger partial charge is 0.487 e. The van der Waals surface area contributed by atoms with Crippen molar-refractivity contribution in [1.82, 2.24) is 25.6 Å². The number of rotatable bonds is 3. The van der Waals surface area contributed by atoms with Crippen molar-refractivity contribution in [2.45, 2.75) is 69.6 Å². The number of nitrogens with one attached hydrogen (secondary N) is 2. The zero-order valence-electron chi connectivity index (χ0n) is 17.0. The Morgan fingerprint density at radius 1 is 1.24 bits per heavy atom. The molecular weight excluding hydrogens is 366 g/mol. The number of amides is 1. The van der Waals surface area contributed by atoms with Gasteiger partial charge in [0.25, 0.3) is 5.91 Å². The van der Waals surface area contributed by atoms with Crippen LogP contribution < -0.4 is 15.4 Å². The highest BCUT2D eigenvalue weighted by atomic mass is 16.5. The summed E-state index contributed by atoms with van der Waals surface area (Å²) in [6.07, 6.45) is 7.33. The molecule has 1 spiro atoms. The van der Waals surface area contributed by atoms with Crippen molar-refractivity contribution >= 4 is 5.91 Å². The average molecular weight is 396 g/mol. The number of nitrogens with zero attached hydrogens (tertiary/aromatic N) is 3. The van der Waals surface area contributed by atoms with Gasteiger partial charge in [0.15, 0.2) is 5.69 Å². The zero-order valence-corrected chi connectivity index (χ0v) is 17.0. The van der Waals surface area contributed by atoms with E-state index in [1.165, 1.54) is 12.8 Å². The lowest BCUT2D eigenvalue weighted by molar-refractivity contribution is 0.0360. The molecule has 3 heterocycles. The first-order valence-corrected chi connectivity index (χ1v) is 10.9. The van der Waals surface area contributed by atoms with Crippen molar-refractivity contribution in [3.8, 4) is 5.75 Å². The molecule has 1 aromatic heterocycles. The molecule has 5 rings (SSSR count). The summed E-state index contributed by atoms with van der Waals surface area (Å²) in [6, 6.07) is 8.34. The van der Waals surface area contributed by atoms with Crippen molar-refractivity contribution in [3.05, 3.63) is 41.2 Å². The molecule has 1 unspecified atom stereocenters. The van der Waals surface area contributed by atoms with E-state index in [4.69, 9.17) is 4.74 Å². The van der Waals surface area contributed by atoms with E-state index in [1.807, 2.05) is 29.8 Å². The third kappa shape index (κ3) is 3.41. The van der Waals surface area contributed by atoms with Crippen LogP contribution in [0.1, 0.15) is 78.8 Å². The molecule has 1 saturated heterocycles. The predicted octanol–water partition coefficient (Wildman–Crippen LogP) is 3.08. The smallest absolute Gasteiger partial charge is 0.274 e. The Bertz CT molecular complexity index is 896. The standard InChI is InChI=1S/C22H29N5O2/c1-15-20(25-26-27(15)16-8-12-23-13-9-16)21(28)24-18-14-22(10-4-5-11-22)29-19-7-3-2-6-17(18)19/h2-3,6-7,16,18,23H,4-5,8-14H2,1H3,(H,24,28). The molecule has 1 aromatic carbocycles. The highest BCUT2D eigenvalue weighted by Crippen LogP contribution is 2.47. The molecule has 1 aliphatic carbocycles. The SMILES string of the molecule is Cc1c(C(=O)NC2CC3(CCCC3)Oc3ccccc32)nnn1C1CCNCC1. The van der Waals surface area contributed by atoms with Gasteiger partial charge >= 0.3 is 0 Å². The molecule has 0 bridgehead atoms. The number of hydrogen-bond acceptors (Lipinski definition) is 5. The van der Waals surface area contributed by atoms with Crippen LogP contribution in [0.15, 0.2) is 24.3 Å². The number of carbonyl (C=O) groups is 1. The number of para-hydroxylation sites is 1. The second kappa shape index (κ2) is 7.44. The monoisotopic (exact) mass is 395 g/mol. The minimum atomic E-state index is -0.145. The molecule has 0 radical (unpaired) electrons. The van der Waals surface area contributed by atoms with E-state index in [2.05, 4.69) is 27.0 Å². The number of piperidine rings is 1. The fraction of sp³-hybridized carbons (Fsp3) is 0.591. The van der Waals surface area contributed by atoms with E-state index in [9.17, 15) is 4.79 Å². The molecule has 7 heteroatoms. The van der Waals surface area contributed by atoms with Gasteiger partial charge in [-0.3, -0.25) is 4.79 Å². The molecular formula is C22H29N5O2. The van der Waals surface area contributed by atoms with Gasteiger partial charge in [-0.05, 0) is 64.6 Å². The first-order valence-electron chi connectivity index (χ1n) is 10.9. The molecule has 7 nitrogen and oxygen atoms in total. The Labute approximate surface area is 171 Å². The summed E-state index contributed by atoms with van der Waals surface area (Å²) in [7, 11) is 0. The minimum absolute atomic E-state index is 0.0611. The lowest BCUT2D eigenvalue weighted by atomic mass is 9.86. The van der Waals surface area contributed by atoms with Gasteiger partial charge in [0.05, 0.1) is 17.8 Å². The van der Waals surface area contributed by atoms with E-state index in [-0.39, 0.29) is 17.6 Å². The maximum absolute atomic E-state index is 13.2. The molecule has 2 fully saturated rings. The third-order valence-electron chi connectivity index (χ3n) is 6.81. The van der Waals surface area contributed by atoms with Crippen LogP contribution in [0.3, 0.4) is 0 Å². The lowest BCUT2D eigenvalue weighted by Gasteiger charge is -2.40. The molecule has 1 saturated carbocycles. The quantitative estimate of drug-likeness (QED) is 0.835. The van der Waals surface area contributed by atoms with Crippen molar-refractivity contribution in [3.63, 3.8) is 0 Å². The Hall–Kier alpha value is -2.41. The van der Waals surface area contributed by atoms with Crippen LogP contribution in [0.5, 0.6) is 5.75 Å². The maximum Gasteiger partial charge on any atom is 0.274 e. The predicted molar refractivity (Wildman–Crippen MR) is 109 cm³/mol. The summed E-state index contributed by atoms with van der Waals surface area (Å²) in [5, 5.41) is 15.2. The van der Waals surface area contributed by atoms with Gasteiger partial charge in [-0.2, -0.15) is 0 Å². The highest BCUT2D eigenvalue weighted by Gasteiger charge is 2.43. The number of ether oxygens (including phenoxy) is 1. The van der Waals surface area contributed by atoms with E-state index >= 15 is 0 Å². The van der Waals surface area contributed by atoms with Gasteiger partial charge in [0, 0.05) is 12.0 Å². The summed E-state index contributed by atoms with van der Waals surface area (Å²) in [4.78, 5) is 13.2. The van der Waals surface area contributed by atoms with E-state index in [1.54, 1.807) is 0 Å². The molecule has 154 valence electrons. The van der Waals surface area contributed by atoms with Crippen LogP contribution in [0.4, 0.5) is 0 Å². The van der Waals surface area contributed by atoms with Crippen molar-refractivity contribution < 1.29 is 9.53 Å². The van der Waals surface area contributed by atoms with Gasteiger partial charge in [-0.15, -0.1) is 5.10 Å². The van der Waals surface area contributed by atoms with Gasteiger partial charge < -0.3 is 15.4 Å². The highest BCUT2D eigenvalue weighted by molar-refractivity contribution is 5.93. The maximum atomic E-state index is 13.2. The van der Waals surface area contributed by atoms with Crippen LogP contribution >= 0.6 is 0 Å². The van der Waals surface area contributed by atoms with E-state index in [0.29, 0.717) is 11.7 Å². The van der Waals surface area contributed by atoms with Crippen molar-refractivity contribution in [1.29, 1.82) is 0 Å². The summed E-state index contributed by atoms with van der Waals surface area (Å²) in [6.45, 7) is 3.91. The fourth-order valence-corrected chi connectivity index (χ4v) is 5.25. The first-order chi connectivity index (χ1) is 14.2. The summed E-state index contributed by atoms with van der Waals surface area (Å²) in [5.41, 5.74) is 2.20. The molecule has 2 aromatic rings. The van der Waals surface area contributed by atoms with Crippen LogP contribution in [-0.2, 0) is 0 Å². The Morgan fingerprint density at radius 2 is 2.00 bits per heavy atom. The summed E-state index contributed by atoms with van der Waals surface area (Å²) < 4.78 is 8.35. The number of carbonyl (C=O) groups excluding carboxylic acids is 1. The van der Waals surface area contributed by atoms with Gasteiger partial charge in [0.2, 0.25) is 0 Å². The van der Waals surface area contributed by atoms with Crippen molar-refractivity contribution in [2.24, 2.45) is 0 Å². The van der Waals surface area contributed by atoms with Crippen LogP contribution in [0.25, 0.3) is 0 Å². The molecule has 2 aliphatic heterocycles. The molecule has 2 N–H and O–H groups in total. The van der Waals surface area contributed by atoms with Crippen molar-refractivity contribution in [2.75, 3.05) is 13.1 Å². The number of aromatic nitrogens is 3. The second-order valence-electron chi connectivity index (χ2n) is 8.71. The molecule has 1 atom stereocenters. The number of fused-ring (bicyclic) bond motifs is 1. The topological polar surface area (TPSA) is 81.1 Å². The Balaban J connectivity index is 1.38. The van der Waals surface area contributed by atoms with Crippen LogP contribution in [-0.4, -0.2) is 39.6 Å². The lowest BCUT2D eigenvalue weighted by Crippen LogP contribution is -2.43. The number of hydrogen-bond donors (Lipinski definition) is 2. The van der Waals surface area contributed by atoms with E-state index < -0.39 is 0 Å². The average Bonchev–Trinajstić information content (AvgIpc) is 3.35. The fourth-order valence-electron chi connectivity index (χ4n) is 5.25. The first kappa shape index (κ1) is 18.6. The van der Waals surface area contributed by atoms with Gasteiger partial charge in [-0.1, -0.05) is 23.4 Å². The Morgan fingerprint density at radius 3 is 2.79 bits per heavy atom. The van der Waals surface area contributed by atoms with Gasteiger partial charge in [0.1, 0.15) is 11.4 Å². The minimum Gasteiger partial charge on any atom is -0.487 e. The van der Waals surface area contributed by atoms with Crippen LogP contribution in [0, 0.1) is 6.92 Å². The second-order valence-corrected chi connectivity index (χ2v) is 8.71. The Kier molecular flexibility index (Phi) is 4.78. The van der Waals surface area contributed by atoms with Gasteiger partial charge in [-0.25, -0.2) is 4.68 Å². The number of benzene rings is 1. The molecule has 1 amide bonds. The normalized spacial score (nSPS) is 23.6. The summed E-state index contributed by atoms with van der Waals surface area (Å²) >= 11 is 0.